The molecule has 0 saturated carbocycles. The number of rotatable bonds is 3. The van der Waals surface area contributed by atoms with Crippen LogP contribution in [0.1, 0.15) is 11.5 Å². The van der Waals surface area contributed by atoms with Crippen molar-refractivity contribution in [2.45, 2.75) is 13.8 Å². The summed E-state index contributed by atoms with van der Waals surface area (Å²) in [6.45, 7) is 10.9. The Morgan fingerprint density at radius 3 is 2.92 bits per heavy atom. The van der Waals surface area contributed by atoms with Crippen LogP contribution >= 0.6 is 0 Å². The van der Waals surface area contributed by atoms with Gasteiger partial charge < -0.3 is 0 Å². The molecular formula is C14H11N11. The third-order valence-electron chi connectivity index (χ3n) is 3.52. The molecule has 0 aliphatic heterocycles. The lowest BCUT2D eigenvalue weighted by Crippen LogP contribution is -1.99. The van der Waals surface area contributed by atoms with Gasteiger partial charge in [-0.25, -0.2) is 9.53 Å². The number of azo groups is 1. The van der Waals surface area contributed by atoms with Gasteiger partial charge in [0.25, 0.3) is 5.69 Å². The minimum absolute atomic E-state index is 0.260. The van der Waals surface area contributed by atoms with Gasteiger partial charge in [0.15, 0.2) is 23.0 Å². The molecule has 0 fully saturated rings. The summed E-state index contributed by atoms with van der Waals surface area (Å²) in [5.41, 5.74) is 2.13. The zero-order chi connectivity index (χ0) is 17.4. The fourth-order valence-corrected chi connectivity index (χ4v) is 2.33. The van der Waals surface area contributed by atoms with Crippen LogP contribution < -0.4 is 0 Å². The second kappa shape index (κ2) is 5.60. The lowest BCUT2D eigenvalue weighted by atomic mass is 10.4. The minimum Gasteiger partial charge on any atom is -0.258 e. The van der Waals surface area contributed by atoms with Crippen LogP contribution in [0.5, 0.6) is 0 Å². The van der Waals surface area contributed by atoms with E-state index in [0.29, 0.717) is 28.7 Å². The van der Waals surface area contributed by atoms with Crippen molar-refractivity contribution < 1.29 is 0 Å². The van der Waals surface area contributed by atoms with Crippen molar-refractivity contribution in [3.63, 3.8) is 0 Å². The van der Waals surface area contributed by atoms with Gasteiger partial charge in [0.05, 0.1) is 18.5 Å². The maximum absolute atomic E-state index is 7.29. The molecule has 1 N–H and O–H groups in total. The van der Waals surface area contributed by atoms with Crippen molar-refractivity contribution in [2.75, 3.05) is 0 Å². The van der Waals surface area contributed by atoms with E-state index in [1.807, 2.05) is 13.8 Å². The molecule has 0 saturated heterocycles. The molecule has 0 aliphatic carbocycles. The van der Waals surface area contributed by atoms with Crippen LogP contribution in [0.2, 0.25) is 0 Å². The van der Waals surface area contributed by atoms with E-state index >= 15 is 0 Å². The maximum atomic E-state index is 7.29. The van der Waals surface area contributed by atoms with Gasteiger partial charge in [-0.2, -0.15) is 24.9 Å². The molecule has 11 nitrogen and oxygen atoms in total. The monoisotopic (exact) mass is 333 g/mol. The number of fused-ring (bicyclic) bond motifs is 1. The second-order valence-corrected chi connectivity index (χ2v) is 5.12. The molecule has 25 heavy (non-hydrogen) atoms. The number of nitrogens with zero attached hydrogens (tertiary/aromatic N) is 10. The van der Waals surface area contributed by atoms with Crippen molar-refractivity contribution in [1.82, 2.24) is 39.8 Å². The highest BCUT2D eigenvalue weighted by Crippen LogP contribution is 2.32. The number of aromatic amines is 1. The minimum atomic E-state index is 0.260. The molecule has 0 spiro atoms. The Kier molecular flexibility index (Phi) is 3.28. The molecule has 4 aromatic rings. The molecule has 0 aliphatic rings. The molecule has 0 bridgehead atoms. The predicted octanol–water partition coefficient (Wildman–Crippen LogP) is 2.62. The average molecular weight is 333 g/mol. The smallest absolute Gasteiger partial charge is 0.252 e. The van der Waals surface area contributed by atoms with Crippen LogP contribution in [-0.4, -0.2) is 39.8 Å². The Balaban J connectivity index is 1.83. The first-order chi connectivity index (χ1) is 12.2. The second-order valence-electron chi connectivity index (χ2n) is 5.12. The van der Waals surface area contributed by atoms with Gasteiger partial charge >= 0.3 is 0 Å². The standard InChI is InChI=1S/C14H11N11/c1-8-12(14-22-18-9(2)24(14)23-8)20-21-13-10(15-3)7-17-25(13)11-5-4-6-16-19-11/h4-7,22H,1-2H3/b21-20+. The Bertz CT molecular complexity index is 1120. The van der Waals surface area contributed by atoms with E-state index < -0.39 is 0 Å². The van der Waals surface area contributed by atoms with Crippen LogP contribution in [0.4, 0.5) is 17.2 Å². The van der Waals surface area contributed by atoms with E-state index in [1.165, 1.54) is 10.9 Å². The Morgan fingerprint density at radius 2 is 2.16 bits per heavy atom. The first-order valence-corrected chi connectivity index (χ1v) is 7.24. The summed E-state index contributed by atoms with van der Waals surface area (Å²) in [7, 11) is 0. The molecular weight excluding hydrogens is 322 g/mol. The summed E-state index contributed by atoms with van der Waals surface area (Å²) in [5.74, 6) is 1.43. The van der Waals surface area contributed by atoms with Crippen LogP contribution in [0, 0.1) is 20.4 Å². The molecule has 4 heterocycles. The van der Waals surface area contributed by atoms with E-state index in [4.69, 9.17) is 6.57 Å². The van der Waals surface area contributed by atoms with Gasteiger partial charge in [-0.1, -0.05) is 0 Å². The van der Waals surface area contributed by atoms with Crippen LogP contribution in [0.15, 0.2) is 34.8 Å². The van der Waals surface area contributed by atoms with Crippen molar-refractivity contribution >= 4 is 22.8 Å². The summed E-state index contributed by atoms with van der Waals surface area (Å²) in [5, 5.41) is 31.8. The van der Waals surface area contributed by atoms with Gasteiger partial charge in [0.1, 0.15) is 5.82 Å². The number of aromatic nitrogens is 8. The van der Waals surface area contributed by atoms with Crippen molar-refractivity contribution in [1.29, 1.82) is 0 Å². The quantitative estimate of drug-likeness (QED) is 0.456. The fourth-order valence-electron chi connectivity index (χ4n) is 2.33. The maximum Gasteiger partial charge on any atom is 0.252 e. The van der Waals surface area contributed by atoms with E-state index in [0.717, 1.165) is 0 Å². The summed E-state index contributed by atoms with van der Waals surface area (Å²) in [6.07, 6.45) is 2.97. The number of hydrogen-bond donors (Lipinski definition) is 1. The SMILES string of the molecule is [C-]#[N+]c1cnn(-c2cccnn2)c1/N=N/c1c(C)nn2c(C)n[nH]c12. The molecule has 0 aromatic carbocycles. The van der Waals surface area contributed by atoms with Crippen molar-refractivity contribution in [2.24, 2.45) is 10.2 Å². The van der Waals surface area contributed by atoms with Crippen molar-refractivity contribution in [3.05, 3.63) is 47.5 Å². The predicted molar refractivity (Wildman–Crippen MR) is 86.4 cm³/mol. The third-order valence-corrected chi connectivity index (χ3v) is 3.52. The molecule has 0 amide bonds. The Hall–Kier alpha value is -3.94. The first-order valence-electron chi connectivity index (χ1n) is 7.24. The zero-order valence-electron chi connectivity index (χ0n) is 13.3. The van der Waals surface area contributed by atoms with Gasteiger partial charge in [-0.3, -0.25) is 5.10 Å². The van der Waals surface area contributed by atoms with Crippen LogP contribution in [0.25, 0.3) is 16.3 Å². The molecule has 4 rings (SSSR count). The summed E-state index contributed by atoms with van der Waals surface area (Å²) < 4.78 is 3.07. The number of H-pyrrole nitrogens is 1. The molecule has 122 valence electrons. The van der Waals surface area contributed by atoms with Gasteiger partial charge in [-0.15, -0.1) is 15.3 Å². The highest BCUT2D eigenvalue weighted by atomic mass is 15.4. The molecule has 0 unspecified atom stereocenters. The lowest BCUT2D eigenvalue weighted by molar-refractivity contribution is 0.809. The van der Waals surface area contributed by atoms with Gasteiger partial charge in [-0.05, 0) is 26.0 Å². The Morgan fingerprint density at radius 1 is 1.28 bits per heavy atom. The van der Waals surface area contributed by atoms with Crippen LogP contribution in [-0.2, 0) is 0 Å². The van der Waals surface area contributed by atoms with Crippen molar-refractivity contribution in [3.8, 4) is 5.82 Å². The first kappa shape index (κ1) is 14.6. The highest BCUT2D eigenvalue weighted by Gasteiger charge is 2.16. The van der Waals surface area contributed by atoms with Gasteiger partial charge in [0, 0.05) is 6.20 Å². The van der Waals surface area contributed by atoms with E-state index in [-0.39, 0.29) is 11.5 Å². The highest BCUT2D eigenvalue weighted by molar-refractivity contribution is 5.67. The number of aryl methyl sites for hydroxylation is 2. The third kappa shape index (κ3) is 2.32. The normalized spacial score (nSPS) is 11.4. The van der Waals surface area contributed by atoms with Crippen LogP contribution in [0.3, 0.4) is 0 Å². The summed E-state index contributed by atoms with van der Waals surface area (Å²) >= 11 is 0. The summed E-state index contributed by atoms with van der Waals surface area (Å²) in [6, 6.07) is 3.44. The van der Waals surface area contributed by atoms with E-state index in [9.17, 15) is 0 Å². The zero-order valence-corrected chi connectivity index (χ0v) is 13.3. The molecule has 11 heteroatoms. The Labute approximate surface area is 140 Å². The molecule has 0 atom stereocenters. The molecule has 4 aromatic heterocycles. The number of hydrogen-bond acceptors (Lipinski definition) is 7. The topological polar surface area (TPSA) is 119 Å². The average Bonchev–Trinajstić information content (AvgIpc) is 3.29. The van der Waals surface area contributed by atoms with Gasteiger partial charge in [0.2, 0.25) is 0 Å². The fraction of sp³-hybridized carbons (Fsp3) is 0.143. The van der Waals surface area contributed by atoms with E-state index in [2.05, 4.69) is 45.7 Å². The van der Waals surface area contributed by atoms with E-state index in [1.54, 1.807) is 22.8 Å². The largest absolute Gasteiger partial charge is 0.258 e. The lowest BCUT2D eigenvalue weighted by Gasteiger charge is -2.01. The summed E-state index contributed by atoms with van der Waals surface area (Å²) in [4.78, 5) is 3.43. The molecule has 0 radical (unpaired) electrons. The number of nitrogens with one attached hydrogen (secondary N) is 1.